The van der Waals surface area contributed by atoms with Crippen LogP contribution in [-0.4, -0.2) is 46.5 Å². The summed E-state index contributed by atoms with van der Waals surface area (Å²) in [6.45, 7) is 3.48. The minimum atomic E-state index is 0. The molecule has 0 amide bonds. The fourth-order valence-electron chi connectivity index (χ4n) is 3.20. The van der Waals surface area contributed by atoms with Gasteiger partial charge < -0.3 is 20.1 Å². The third kappa shape index (κ3) is 4.23. The molecule has 0 unspecified atom stereocenters. The Balaban J connectivity index is 0.00000240. The van der Waals surface area contributed by atoms with Gasteiger partial charge in [-0.3, -0.25) is 5.10 Å². The standard InChI is InChI=1S/C20H24N6O2.H2/c1-13-11-19(26-25-13)22-18-12-17(21-14-7-9-28-10-8-14)23-20(24-18)15-5-3-4-6-16(15)27-2;/h3-6,11-12,14H,7-10H2,1-2H3,(H3,21,22,23,24,25,26);1H. The molecule has 1 saturated heterocycles. The highest BCUT2D eigenvalue weighted by Gasteiger charge is 2.17. The number of anilines is 3. The molecule has 8 heteroatoms. The van der Waals surface area contributed by atoms with Crippen LogP contribution in [-0.2, 0) is 4.74 Å². The largest absolute Gasteiger partial charge is 0.496 e. The maximum atomic E-state index is 5.50. The van der Waals surface area contributed by atoms with E-state index in [4.69, 9.17) is 14.5 Å². The van der Waals surface area contributed by atoms with Gasteiger partial charge in [-0.15, -0.1) is 0 Å². The van der Waals surface area contributed by atoms with Crippen LogP contribution in [0, 0.1) is 6.92 Å². The molecule has 0 spiro atoms. The molecule has 0 bridgehead atoms. The zero-order chi connectivity index (χ0) is 19.3. The average Bonchev–Trinajstić information content (AvgIpc) is 3.13. The molecule has 1 aromatic carbocycles. The van der Waals surface area contributed by atoms with Gasteiger partial charge in [0.1, 0.15) is 17.4 Å². The Morgan fingerprint density at radius 2 is 1.89 bits per heavy atom. The van der Waals surface area contributed by atoms with Gasteiger partial charge in [0.05, 0.1) is 12.7 Å². The lowest BCUT2D eigenvalue weighted by Crippen LogP contribution is -2.28. The molecule has 3 aromatic rings. The van der Waals surface area contributed by atoms with Crippen LogP contribution < -0.4 is 15.4 Å². The fraction of sp³-hybridized carbons (Fsp3) is 0.350. The van der Waals surface area contributed by atoms with E-state index >= 15 is 0 Å². The van der Waals surface area contributed by atoms with Crippen molar-refractivity contribution in [3.8, 4) is 17.1 Å². The lowest BCUT2D eigenvalue weighted by molar-refractivity contribution is 0.0904. The summed E-state index contributed by atoms with van der Waals surface area (Å²) in [4.78, 5) is 9.43. The Morgan fingerprint density at radius 1 is 1.11 bits per heavy atom. The summed E-state index contributed by atoms with van der Waals surface area (Å²) in [7, 11) is 1.65. The second-order valence-corrected chi connectivity index (χ2v) is 6.75. The highest BCUT2D eigenvalue weighted by atomic mass is 16.5. The Bertz CT molecular complexity index is 942. The third-order valence-electron chi connectivity index (χ3n) is 4.61. The van der Waals surface area contributed by atoms with Crippen LogP contribution in [0.25, 0.3) is 11.4 Å². The van der Waals surface area contributed by atoms with E-state index in [0.29, 0.717) is 23.5 Å². The first-order chi connectivity index (χ1) is 13.7. The summed E-state index contributed by atoms with van der Waals surface area (Å²) in [5.41, 5.74) is 1.81. The summed E-state index contributed by atoms with van der Waals surface area (Å²) >= 11 is 0. The second-order valence-electron chi connectivity index (χ2n) is 6.75. The molecule has 0 atom stereocenters. The summed E-state index contributed by atoms with van der Waals surface area (Å²) in [6.07, 6.45) is 1.91. The molecule has 3 N–H and O–H groups in total. The third-order valence-corrected chi connectivity index (χ3v) is 4.61. The van der Waals surface area contributed by atoms with Crippen molar-refractivity contribution < 1.29 is 10.9 Å². The number of nitrogens with one attached hydrogen (secondary N) is 3. The smallest absolute Gasteiger partial charge is 0.167 e. The molecule has 8 nitrogen and oxygen atoms in total. The second kappa shape index (κ2) is 8.26. The van der Waals surface area contributed by atoms with Crippen LogP contribution in [0.2, 0.25) is 0 Å². The highest BCUT2D eigenvalue weighted by molar-refractivity contribution is 5.68. The van der Waals surface area contributed by atoms with Crippen molar-refractivity contribution >= 4 is 17.5 Å². The molecule has 4 rings (SSSR count). The van der Waals surface area contributed by atoms with Gasteiger partial charge in [-0.05, 0) is 31.9 Å². The van der Waals surface area contributed by atoms with Crippen LogP contribution in [0.5, 0.6) is 5.75 Å². The van der Waals surface area contributed by atoms with Crippen molar-refractivity contribution in [2.24, 2.45) is 0 Å². The topological polar surface area (TPSA) is 97.0 Å². The van der Waals surface area contributed by atoms with Crippen LogP contribution >= 0.6 is 0 Å². The van der Waals surface area contributed by atoms with Crippen molar-refractivity contribution in [3.63, 3.8) is 0 Å². The van der Waals surface area contributed by atoms with Gasteiger partial charge in [-0.25, -0.2) is 9.97 Å². The normalized spacial score (nSPS) is 14.6. The quantitative estimate of drug-likeness (QED) is 0.597. The molecule has 0 radical (unpaired) electrons. The SMILES string of the molecule is COc1ccccc1-c1nc(Nc2cc(C)[nH]n2)cc(NC2CCOCC2)n1.[HH]. The number of benzene rings is 1. The minimum Gasteiger partial charge on any atom is -0.496 e. The van der Waals surface area contributed by atoms with Gasteiger partial charge in [-0.1, -0.05) is 12.1 Å². The van der Waals surface area contributed by atoms with E-state index in [1.807, 2.05) is 43.3 Å². The summed E-state index contributed by atoms with van der Waals surface area (Å²) in [5.74, 6) is 3.45. The number of aromatic amines is 1. The number of methoxy groups -OCH3 is 1. The number of aryl methyl sites for hydroxylation is 1. The summed E-state index contributed by atoms with van der Waals surface area (Å²) in [6, 6.07) is 11.9. The zero-order valence-electron chi connectivity index (χ0n) is 16.0. The first-order valence-corrected chi connectivity index (χ1v) is 9.37. The van der Waals surface area contributed by atoms with Gasteiger partial charge in [0.2, 0.25) is 0 Å². The Morgan fingerprint density at radius 3 is 2.64 bits per heavy atom. The number of ether oxygens (including phenoxy) is 2. The number of rotatable bonds is 6. The van der Waals surface area contributed by atoms with E-state index in [9.17, 15) is 0 Å². The molecular formula is C20H26N6O2. The van der Waals surface area contributed by atoms with Crippen molar-refractivity contribution in [1.29, 1.82) is 0 Å². The van der Waals surface area contributed by atoms with E-state index in [2.05, 4.69) is 25.8 Å². The molecule has 28 heavy (non-hydrogen) atoms. The number of H-pyrrole nitrogens is 1. The molecule has 3 heterocycles. The predicted octanol–water partition coefficient (Wildman–Crippen LogP) is 3.76. The molecule has 148 valence electrons. The monoisotopic (exact) mass is 382 g/mol. The average molecular weight is 382 g/mol. The Hall–Kier alpha value is -3.13. The lowest BCUT2D eigenvalue weighted by atomic mass is 10.1. The van der Waals surface area contributed by atoms with Gasteiger partial charge >= 0.3 is 0 Å². The Kier molecular flexibility index (Phi) is 5.38. The number of para-hydroxylation sites is 1. The molecule has 1 aliphatic heterocycles. The van der Waals surface area contributed by atoms with Crippen molar-refractivity contribution in [2.75, 3.05) is 31.0 Å². The molecule has 1 fully saturated rings. The molecule has 0 saturated carbocycles. The first kappa shape index (κ1) is 18.2. The van der Waals surface area contributed by atoms with Gasteiger partial charge in [-0.2, -0.15) is 5.10 Å². The van der Waals surface area contributed by atoms with Crippen LogP contribution in [0.4, 0.5) is 17.5 Å². The fourth-order valence-corrected chi connectivity index (χ4v) is 3.20. The van der Waals surface area contributed by atoms with Crippen molar-refractivity contribution in [2.45, 2.75) is 25.8 Å². The molecule has 1 aliphatic rings. The minimum absolute atomic E-state index is 0. The van der Waals surface area contributed by atoms with Gasteiger partial charge in [0.25, 0.3) is 0 Å². The highest BCUT2D eigenvalue weighted by Crippen LogP contribution is 2.30. The van der Waals surface area contributed by atoms with Crippen LogP contribution in [0.15, 0.2) is 36.4 Å². The number of nitrogens with zero attached hydrogens (tertiary/aromatic N) is 3. The van der Waals surface area contributed by atoms with Crippen LogP contribution in [0.3, 0.4) is 0 Å². The van der Waals surface area contributed by atoms with E-state index in [1.54, 1.807) is 7.11 Å². The first-order valence-electron chi connectivity index (χ1n) is 9.37. The van der Waals surface area contributed by atoms with Gasteiger partial charge in [0, 0.05) is 38.5 Å². The molecule has 0 aliphatic carbocycles. The number of aromatic nitrogens is 4. The maximum Gasteiger partial charge on any atom is 0.167 e. The number of hydrogen-bond acceptors (Lipinski definition) is 7. The summed E-state index contributed by atoms with van der Waals surface area (Å²) in [5, 5.41) is 13.9. The van der Waals surface area contributed by atoms with Gasteiger partial charge in [0.15, 0.2) is 11.6 Å². The predicted molar refractivity (Wildman–Crippen MR) is 110 cm³/mol. The van der Waals surface area contributed by atoms with E-state index in [-0.39, 0.29) is 1.43 Å². The summed E-state index contributed by atoms with van der Waals surface area (Å²) < 4.78 is 10.9. The van der Waals surface area contributed by atoms with Crippen LogP contribution in [0.1, 0.15) is 20.0 Å². The Labute approximate surface area is 165 Å². The molecular weight excluding hydrogens is 356 g/mol. The van der Waals surface area contributed by atoms with Crippen molar-refractivity contribution in [1.82, 2.24) is 20.2 Å². The van der Waals surface area contributed by atoms with Crippen molar-refractivity contribution in [3.05, 3.63) is 42.1 Å². The lowest BCUT2D eigenvalue weighted by Gasteiger charge is -2.24. The number of hydrogen-bond donors (Lipinski definition) is 3. The van der Waals surface area contributed by atoms with E-state index in [0.717, 1.165) is 48.9 Å². The zero-order valence-corrected chi connectivity index (χ0v) is 16.0. The van der Waals surface area contributed by atoms with E-state index < -0.39 is 0 Å². The maximum absolute atomic E-state index is 5.50. The molecule has 2 aromatic heterocycles. The van der Waals surface area contributed by atoms with E-state index in [1.165, 1.54) is 0 Å².